The summed E-state index contributed by atoms with van der Waals surface area (Å²) in [5.41, 5.74) is 8.75. The van der Waals surface area contributed by atoms with Crippen molar-refractivity contribution in [3.05, 3.63) is 188 Å². The second kappa shape index (κ2) is 12.6. The van der Waals surface area contributed by atoms with E-state index in [-0.39, 0.29) is 0 Å². The third-order valence-electron chi connectivity index (χ3n) is 10.7. The van der Waals surface area contributed by atoms with Crippen LogP contribution in [0, 0.1) is 0 Å². The van der Waals surface area contributed by atoms with Crippen molar-refractivity contribution in [1.82, 2.24) is 15.0 Å². The van der Waals surface area contributed by atoms with Gasteiger partial charge < -0.3 is 4.42 Å². The lowest BCUT2D eigenvalue weighted by atomic mass is 9.93. The highest BCUT2D eigenvalue weighted by molar-refractivity contribution is 6.14. The molecule has 9 aromatic carbocycles. The van der Waals surface area contributed by atoms with E-state index in [0.717, 1.165) is 66.1 Å². The molecule has 0 saturated heterocycles. The Morgan fingerprint density at radius 3 is 1.75 bits per heavy atom. The summed E-state index contributed by atoms with van der Waals surface area (Å²) in [5.74, 6) is 1.75. The molecule has 0 fully saturated rings. The van der Waals surface area contributed by atoms with Gasteiger partial charge in [0.1, 0.15) is 11.2 Å². The molecule has 2 heterocycles. The molecule has 2 aromatic heterocycles. The van der Waals surface area contributed by atoms with Crippen LogP contribution in [-0.4, -0.2) is 15.0 Å². The molecule has 4 heteroatoms. The van der Waals surface area contributed by atoms with Gasteiger partial charge in [0, 0.05) is 21.9 Å². The second-order valence-electron chi connectivity index (χ2n) is 13.9. The molecule has 0 bridgehead atoms. The zero-order chi connectivity index (χ0) is 36.3. The summed E-state index contributed by atoms with van der Waals surface area (Å²) in [7, 11) is 0. The fourth-order valence-electron chi connectivity index (χ4n) is 8.12. The average Bonchev–Trinajstić information content (AvgIpc) is 3.65. The highest BCUT2D eigenvalue weighted by Gasteiger charge is 2.21. The van der Waals surface area contributed by atoms with Gasteiger partial charge in [0.2, 0.25) is 0 Å². The summed E-state index contributed by atoms with van der Waals surface area (Å²) in [6, 6.07) is 65.8. The standard InChI is InChI=1S/C51H31N3O/c1-2-13-32(14-3-1)39-30-29-33-15-4-7-18-38(33)47(39)51-53-49(52-50(54-51)44-23-12-22-43-42-21-10-11-24-46(42)55-48(43)44)35-27-25-34(26-28-35)45-31-36-16-5-6-17-37(36)40-19-8-9-20-41(40)45/h1-31H. The summed E-state index contributed by atoms with van der Waals surface area (Å²) < 4.78 is 6.52. The van der Waals surface area contributed by atoms with Crippen LogP contribution in [0.15, 0.2) is 192 Å². The first-order valence-corrected chi connectivity index (χ1v) is 18.5. The van der Waals surface area contributed by atoms with Gasteiger partial charge in [-0.2, -0.15) is 0 Å². The first-order valence-electron chi connectivity index (χ1n) is 18.5. The number of benzene rings is 9. The van der Waals surface area contributed by atoms with Crippen LogP contribution in [0.25, 0.3) is 111 Å². The van der Waals surface area contributed by atoms with E-state index in [2.05, 4.69) is 158 Å². The van der Waals surface area contributed by atoms with Crippen molar-refractivity contribution in [2.24, 2.45) is 0 Å². The molecule has 11 aromatic rings. The van der Waals surface area contributed by atoms with Crippen LogP contribution in [-0.2, 0) is 0 Å². The van der Waals surface area contributed by atoms with Gasteiger partial charge in [-0.25, -0.2) is 15.0 Å². The topological polar surface area (TPSA) is 51.8 Å². The predicted molar refractivity (Wildman–Crippen MR) is 227 cm³/mol. The van der Waals surface area contributed by atoms with Crippen LogP contribution in [0.3, 0.4) is 0 Å². The smallest absolute Gasteiger partial charge is 0.167 e. The Morgan fingerprint density at radius 1 is 0.309 bits per heavy atom. The minimum absolute atomic E-state index is 0.557. The number of para-hydroxylation sites is 2. The lowest BCUT2D eigenvalue weighted by Crippen LogP contribution is -2.02. The second-order valence-corrected chi connectivity index (χ2v) is 13.9. The molecule has 11 rings (SSSR count). The Kier molecular flexibility index (Phi) is 7.14. The van der Waals surface area contributed by atoms with Gasteiger partial charge in [-0.3, -0.25) is 0 Å². The van der Waals surface area contributed by atoms with Crippen molar-refractivity contribution < 1.29 is 4.42 Å². The van der Waals surface area contributed by atoms with E-state index in [1.165, 1.54) is 27.1 Å². The molecule has 0 amide bonds. The van der Waals surface area contributed by atoms with Crippen molar-refractivity contribution in [2.45, 2.75) is 0 Å². The minimum Gasteiger partial charge on any atom is -0.455 e. The maximum atomic E-state index is 6.52. The molecule has 0 N–H and O–H groups in total. The van der Waals surface area contributed by atoms with Gasteiger partial charge in [-0.05, 0) is 72.8 Å². The molecule has 0 aliphatic rings. The molecule has 4 nitrogen and oxygen atoms in total. The lowest BCUT2D eigenvalue weighted by Gasteiger charge is -2.15. The summed E-state index contributed by atoms with van der Waals surface area (Å²) in [6.07, 6.45) is 0. The normalized spacial score (nSPS) is 11.6. The third-order valence-corrected chi connectivity index (χ3v) is 10.7. The van der Waals surface area contributed by atoms with Gasteiger partial charge in [-0.15, -0.1) is 0 Å². The number of hydrogen-bond acceptors (Lipinski definition) is 4. The van der Waals surface area contributed by atoms with E-state index in [4.69, 9.17) is 19.4 Å². The van der Waals surface area contributed by atoms with Gasteiger partial charge >= 0.3 is 0 Å². The van der Waals surface area contributed by atoms with Crippen molar-refractivity contribution in [1.29, 1.82) is 0 Å². The quantitative estimate of drug-likeness (QED) is 0.168. The number of rotatable bonds is 5. The largest absolute Gasteiger partial charge is 0.455 e. The van der Waals surface area contributed by atoms with E-state index in [1.807, 2.05) is 30.3 Å². The zero-order valence-electron chi connectivity index (χ0n) is 29.6. The molecule has 0 spiro atoms. The third kappa shape index (κ3) is 5.19. The van der Waals surface area contributed by atoms with Crippen molar-refractivity contribution in [3.63, 3.8) is 0 Å². The van der Waals surface area contributed by atoms with E-state index in [1.54, 1.807) is 0 Å². The van der Waals surface area contributed by atoms with Gasteiger partial charge in [0.05, 0.1) is 5.56 Å². The highest BCUT2D eigenvalue weighted by atomic mass is 16.3. The van der Waals surface area contributed by atoms with E-state index >= 15 is 0 Å². The van der Waals surface area contributed by atoms with Crippen LogP contribution in [0.2, 0.25) is 0 Å². The van der Waals surface area contributed by atoms with Crippen molar-refractivity contribution in [3.8, 4) is 56.4 Å². The maximum absolute atomic E-state index is 6.52. The Bertz CT molecular complexity index is 3260. The zero-order valence-corrected chi connectivity index (χ0v) is 29.6. The number of nitrogens with zero attached hydrogens (tertiary/aromatic N) is 3. The number of fused-ring (bicyclic) bond motifs is 7. The summed E-state index contributed by atoms with van der Waals surface area (Å²) in [5, 5.41) is 9.23. The predicted octanol–water partition coefficient (Wildman–Crippen LogP) is 13.6. The number of aromatic nitrogens is 3. The molecule has 0 unspecified atom stereocenters. The Hall–Kier alpha value is -7.43. The van der Waals surface area contributed by atoms with Crippen LogP contribution < -0.4 is 0 Å². The Balaban J connectivity index is 1.14. The van der Waals surface area contributed by atoms with E-state index in [0.29, 0.717) is 17.5 Å². The van der Waals surface area contributed by atoms with Crippen LogP contribution in [0.4, 0.5) is 0 Å². The molecule has 0 radical (unpaired) electrons. The first-order chi connectivity index (χ1) is 27.3. The van der Waals surface area contributed by atoms with Crippen molar-refractivity contribution >= 4 is 54.3 Å². The Labute approximate surface area is 317 Å². The fourth-order valence-corrected chi connectivity index (χ4v) is 8.12. The average molecular weight is 702 g/mol. The Morgan fingerprint density at radius 2 is 0.909 bits per heavy atom. The van der Waals surface area contributed by atoms with E-state index < -0.39 is 0 Å². The monoisotopic (exact) mass is 701 g/mol. The van der Waals surface area contributed by atoms with Gasteiger partial charge in [0.25, 0.3) is 0 Å². The van der Waals surface area contributed by atoms with Gasteiger partial charge in [0.15, 0.2) is 17.5 Å². The molecule has 0 aliphatic heterocycles. The van der Waals surface area contributed by atoms with Crippen molar-refractivity contribution in [2.75, 3.05) is 0 Å². The minimum atomic E-state index is 0.557. The SMILES string of the molecule is c1ccc(-c2ccc3ccccc3c2-c2nc(-c3ccc(-c4cc5ccccc5c5ccccc45)cc3)nc(-c3cccc4c3oc3ccccc34)n2)cc1. The molecular formula is C51H31N3O. The molecule has 0 aliphatic carbocycles. The molecule has 256 valence electrons. The van der Waals surface area contributed by atoms with Crippen LogP contribution >= 0.6 is 0 Å². The lowest BCUT2D eigenvalue weighted by molar-refractivity contribution is 0.669. The fraction of sp³-hybridized carbons (Fsp3) is 0. The highest BCUT2D eigenvalue weighted by Crippen LogP contribution is 2.41. The number of hydrogen-bond donors (Lipinski definition) is 0. The first kappa shape index (κ1) is 31.1. The van der Waals surface area contributed by atoms with E-state index in [9.17, 15) is 0 Å². The molecule has 0 saturated carbocycles. The molecule has 0 atom stereocenters. The molecular weight excluding hydrogens is 671 g/mol. The van der Waals surface area contributed by atoms with Crippen LogP contribution in [0.5, 0.6) is 0 Å². The summed E-state index contributed by atoms with van der Waals surface area (Å²) >= 11 is 0. The van der Waals surface area contributed by atoms with Crippen LogP contribution in [0.1, 0.15) is 0 Å². The summed E-state index contributed by atoms with van der Waals surface area (Å²) in [6.45, 7) is 0. The molecule has 55 heavy (non-hydrogen) atoms. The maximum Gasteiger partial charge on any atom is 0.167 e. The summed E-state index contributed by atoms with van der Waals surface area (Å²) in [4.78, 5) is 15.8. The number of furan rings is 1. The van der Waals surface area contributed by atoms with Gasteiger partial charge in [-0.1, -0.05) is 170 Å².